The highest BCUT2D eigenvalue weighted by molar-refractivity contribution is 7.15. The maximum Gasteiger partial charge on any atom is 0.231 e. The van der Waals surface area contributed by atoms with Gasteiger partial charge < -0.3 is 19.3 Å². The van der Waals surface area contributed by atoms with E-state index in [9.17, 15) is 0 Å². The molecule has 0 aliphatic carbocycles. The minimum Gasteiger partial charge on any atom is -0.454 e. The molecule has 2 aromatic rings. The molecule has 6 nitrogen and oxygen atoms in total. The second-order valence-electron chi connectivity index (χ2n) is 7.67. The Hall–Kier alpha value is -1.83. The van der Waals surface area contributed by atoms with Gasteiger partial charge in [-0.1, -0.05) is 6.07 Å². The number of fused-ring (bicyclic) bond motifs is 2. The quantitative estimate of drug-likeness (QED) is 0.808. The van der Waals surface area contributed by atoms with Gasteiger partial charge in [0, 0.05) is 50.2 Å². The van der Waals surface area contributed by atoms with Crippen molar-refractivity contribution in [1.29, 1.82) is 0 Å². The van der Waals surface area contributed by atoms with E-state index in [0.29, 0.717) is 12.8 Å². The van der Waals surface area contributed by atoms with Gasteiger partial charge in [0.25, 0.3) is 0 Å². The van der Waals surface area contributed by atoms with Crippen LogP contribution in [0.2, 0.25) is 0 Å². The summed E-state index contributed by atoms with van der Waals surface area (Å²) in [6.07, 6.45) is 1.14. The fraction of sp³-hybridized carbons (Fsp3) is 0.550. The SMILES string of the molecule is CC(c1ccc2c(c1)OCO2)N1CCN(c2nc3c(s2)CCN(C)C3)CC1. The van der Waals surface area contributed by atoms with E-state index >= 15 is 0 Å². The molecule has 4 heterocycles. The molecule has 27 heavy (non-hydrogen) atoms. The van der Waals surface area contributed by atoms with Crippen LogP contribution in [0.4, 0.5) is 5.13 Å². The number of likely N-dealkylation sites (N-methyl/N-ethyl adjacent to an activating group) is 1. The Morgan fingerprint density at radius 2 is 1.89 bits per heavy atom. The first-order valence-electron chi connectivity index (χ1n) is 9.73. The van der Waals surface area contributed by atoms with Gasteiger partial charge in [0.1, 0.15) is 0 Å². The number of hydrogen-bond acceptors (Lipinski definition) is 7. The summed E-state index contributed by atoms with van der Waals surface area (Å²) in [5, 5.41) is 1.21. The van der Waals surface area contributed by atoms with Crippen molar-refractivity contribution in [1.82, 2.24) is 14.8 Å². The first-order valence-corrected chi connectivity index (χ1v) is 10.5. The summed E-state index contributed by atoms with van der Waals surface area (Å²) in [5.41, 5.74) is 2.58. The molecule has 144 valence electrons. The standard InChI is InChI=1S/C20H26N4O2S/c1-14(15-3-4-17-18(11-15)26-13-25-17)23-7-9-24(10-8-23)20-21-16-12-22(2)6-5-19(16)27-20/h3-4,11,14H,5-10,12-13H2,1-2H3. The highest BCUT2D eigenvalue weighted by atomic mass is 32.1. The largest absolute Gasteiger partial charge is 0.454 e. The van der Waals surface area contributed by atoms with Crippen molar-refractivity contribution in [3.05, 3.63) is 34.3 Å². The molecule has 0 radical (unpaired) electrons. The van der Waals surface area contributed by atoms with Gasteiger partial charge in [-0.15, -0.1) is 11.3 Å². The summed E-state index contributed by atoms with van der Waals surface area (Å²) in [6.45, 7) is 8.95. The molecule has 3 aliphatic heterocycles. The van der Waals surface area contributed by atoms with Gasteiger partial charge in [-0.2, -0.15) is 0 Å². The molecule has 0 spiro atoms. The number of thiazole rings is 1. The Bertz CT molecular complexity index is 831. The fourth-order valence-corrected chi connectivity index (χ4v) is 5.24. The lowest BCUT2D eigenvalue weighted by molar-refractivity contribution is 0.173. The summed E-state index contributed by atoms with van der Waals surface area (Å²) in [4.78, 5) is 13.8. The Morgan fingerprint density at radius 3 is 2.74 bits per heavy atom. The molecule has 0 N–H and O–H groups in total. The van der Waals surface area contributed by atoms with Crippen molar-refractivity contribution in [2.24, 2.45) is 0 Å². The topological polar surface area (TPSA) is 41.1 Å². The smallest absolute Gasteiger partial charge is 0.231 e. The normalized spacial score (nSPS) is 21.3. The average Bonchev–Trinajstić information content (AvgIpc) is 3.33. The van der Waals surface area contributed by atoms with Crippen LogP contribution in [0.5, 0.6) is 11.5 Å². The molecule has 1 fully saturated rings. The Labute approximate surface area is 164 Å². The molecule has 5 rings (SSSR count). The molecule has 3 aliphatic rings. The van der Waals surface area contributed by atoms with Crippen molar-refractivity contribution in [2.45, 2.75) is 25.9 Å². The highest BCUT2D eigenvalue weighted by Crippen LogP contribution is 2.36. The van der Waals surface area contributed by atoms with Crippen LogP contribution in [-0.2, 0) is 13.0 Å². The predicted molar refractivity (Wildman–Crippen MR) is 107 cm³/mol. The predicted octanol–water partition coefficient (Wildman–Crippen LogP) is 2.74. The zero-order chi connectivity index (χ0) is 18.4. The van der Waals surface area contributed by atoms with Crippen molar-refractivity contribution < 1.29 is 9.47 Å². The van der Waals surface area contributed by atoms with Crippen LogP contribution < -0.4 is 14.4 Å². The molecule has 1 unspecified atom stereocenters. The van der Waals surface area contributed by atoms with Gasteiger partial charge in [-0.05, 0) is 38.1 Å². The molecule has 0 saturated carbocycles. The molecule has 1 atom stereocenters. The Morgan fingerprint density at radius 1 is 1.07 bits per heavy atom. The van der Waals surface area contributed by atoms with E-state index in [1.807, 2.05) is 17.4 Å². The van der Waals surface area contributed by atoms with Crippen LogP contribution in [-0.4, -0.2) is 61.3 Å². The van der Waals surface area contributed by atoms with E-state index in [0.717, 1.165) is 57.2 Å². The van der Waals surface area contributed by atoms with Gasteiger partial charge in [-0.3, -0.25) is 4.90 Å². The minimum atomic E-state index is 0.333. The van der Waals surface area contributed by atoms with E-state index in [1.165, 1.54) is 21.3 Å². The lowest BCUT2D eigenvalue weighted by atomic mass is 10.1. The molecule has 7 heteroatoms. The molecule has 1 saturated heterocycles. The van der Waals surface area contributed by atoms with Crippen molar-refractivity contribution in [3.8, 4) is 11.5 Å². The lowest BCUT2D eigenvalue weighted by Crippen LogP contribution is -2.47. The second-order valence-corrected chi connectivity index (χ2v) is 8.73. The highest BCUT2D eigenvalue weighted by Gasteiger charge is 2.27. The summed E-state index contributed by atoms with van der Waals surface area (Å²) >= 11 is 1.90. The third kappa shape index (κ3) is 3.28. The van der Waals surface area contributed by atoms with Gasteiger partial charge >= 0.3 is 0 Å². The zero-order valence-electron chi connectivity index (χ0n) is 16.0. The van der Waals surface area contributed by atoms with Crippen molar-refractivity contribution in [2.75, 3.05) is 51.5 Å². The van der Waals surface area contributed by atoms with Crippen LogP contribution in [0.3, 0.4) is 0 Å². The number of aromatic nitrogens is 1. The van der Waals surface area contributed by atoms with Crippen LogP contribution in [0.15, 0.2) is 18.2 Å². The number of rotatable bonds is 3. The Balaban J connectivity index is 1.24. The average molecular weight is 387 g/mol. The molecule has 1 aromatic carbocycles. The first-order chi connectivity index (χ1) is 13.2. The molecule has 0 amide bonds. The molecular weight excluding hydrogens is 360 g/mol. The van der Waals surface area contributed by atoms with E-state index in [4.69, 9.17) is 14.5 Å². The Kier molecular flexibility index (Phi) is 4.46. The van der Waals surface area contributed by atoms with Crippen molar-refractivity contribution >= 4 is 16.5 Å². The van der Waals surface area contributed by atoms with Crippen LogP contribution >= 0.6 is 11.3 Å². The van der Waals surface area contributed by atoms with Gasteiger partial charge in [0.05, 0.1) is 5.69 Å². The number of ether oxygens (including phenoxy) is 2. The fourth-order valence-electron chi connectivity index (χ4n) is 4.14. The first kappa shape index (κ1) is 17.3. The van der Waals surface area contributed by atoms with E-state index in [-0.39, 0.29) is 0 Å². The van der Waals surface area contributed by atoms with E-state index < -0.39 is 0 Å². The maximum atomic E-state index is 5.54. The minimum absolute atomic E-state index is 0.333. The summed E-state index contributed by atoms with van der Waals surface area (Å²) in [6, 6.07) is 6.70. The van der Waals surface area contributed by atoms with E-state index in [1.54, 1.807) is 0 Å². The van der Waals surface area contributed by atoms with Gasteiger partial charge in [-0.25, -0.2) is 4.98 Å². The lowest BCUT2D eigenvalue weighted by Gasteiger charge is -2.38. The third-order valence-electron chi connectivity index (χ3n) is 5.92. The number of anilines is 1. The van der Waals surface area contributed by atoms with Gasteiger partial charge in [0.2, 0.25) is 6.79 Å². The second kappa shape index (κ2) is 6.96. The van der Waals surface area contributed by atoms with Gasteiger partial charge in [0.15, 0.2) is 16.6 Å². The monoisotopic (exact) mass is 386 g/mol. The number of piperazine rings is 1. The van der Waals surface area contributed by atoms with Crippen LogP contribution in [0.25, 0.3) is 0 Å². The number of hydrogen-bond donors (Lipinski definition) is 0. The molecule has 0 bridgehead atoms. The van der Waals surface area contributed by atoms with Crippen LogP contribution in [0.1, 0.15) is 29.1 Å². The van der Waals surface area contributed by atoms with Crippen LogP contribution in [0, 0.1) is 0 Å². The summed E-state index contributed by atoms with van der Waals surface area (Å²) < 4.78 is 11.0. The summed E-state index contributed by atoms with van der Waals surface area (Å²) in [5.74, 6) is 1.73. The summed E-state index contributed by atoms with van der Waals surface area (Å²) in [7, 11) is 2.18. The van der Waals surface area contributed by atoms with Crippen molar-refractivity contribution in [3.63, 3.8) is 0 Å². The number of nitrogens with zero attached hydrogens (tertiary/aromatic N) is 4. The number of benzene rings is 1. The zero-order valence-corrected chi connectivity index (χ0v) is 16.8. The third-order valence-corrected chi connectivity index (χ3v) is 7.14. The maximum absolute atomic E-state index is 5.54. The molecular formula is C20H26N4O2S. The van der Waals surface area contributed by atoms with E-state index in [2.05, 4.69) is 40.8 Å². The molecule has 1 aromatic heterocycles.